The largest absolute Gasteiger partial charge is 0.292 e. The normalized spacial score (nSPS) is 14.5. The number of thioether (sulfide) groups is 1. The Labute approximate surface area is 196 Å². The van der Waals surface area contributed by atoms with Crippen LogP contribution in [-0.4, -0.2) is 38.4 Å². The molecule has 0 unspecified atom stereocenters. The van der Waals surface area contributed by atoms with Crippen LogP contribution in [0.4, 0.5) is 5.69 Å². The van der Waals surface area contributed by atoms with Gasteiger partial charge >= 0.3 is 0 Å². The minimum atomic E-state index is -0.637. The lowest BCUT2D eigenvalue weighted by atomic mass is 10.2. The van der Waals surface area contributed by atoms with E-state index in [0.717, 1.165) is 11.8 Å². The van der Waals surface area contributed by atoms with Gasteiger partial charge in [-0.15, -0.1) is 0 Å². The van der Waals surface area contributed by atoms with Crippen molar-refractivity contribution >= 4 is 69.4 Å². The molecule has 0 radical (unpaired) electrons. The Morgan fingerprint density at radius 1 is 1.16 bits per heavy atom. The minimum Gasteiger partial charge on any atom is -0.292 e. The van der Waals surface area contributed by atoms with E-state index in [9.17, 15) is 24.5 Å². The summed E-state index contributed by atoms with van der Waals surface area (Å²) in [6, 6.07) is 12.0. The molecule has 1 fully saturated rings. The number of nitro groups is 1. The summed E-state index contributed by atoms with van der Waals surface area (Å²) in [4.78, 5) is 48.5. The molecular weight excluding hydrogens is 476 g/mol. The molecule has 1 aliphatic rings. The van der Waals surface area contributed by atoms with Crippen LogP contribution in [0.2, 0.25) is 5.02 Å². The molecule has 9 nitrogen and oxygen atoms in total. The molecule has 0 aliphatic carbocycles. The molecule has 2 aromatic carbocycles. The maximum absolute atomic E-state index is 12.6. The third-order valence-corrected chi connectivity index (χ3v) is 6.01. The molecule has 32 heavy (non-hydrogen) atoms. The number of hydrazine groups is 1. The number of benzene rings is 2. The first kappa shape index (κ1) is 23.4. The zero-order valence-electron chi connectivity index (χ0n) is 16.2. The number of thiocarbonyl (C=S) groups is 1. The van der Waals surface area contributed by atoms with E-state index in [-0.39, 0.29) is 30.1 Å². The Hall–Kier alpha value is -3.28. The van der Waals surface area contributed by atoms with Crippen molar-refractivity contribution in [1.29, 1.82) is 0 Å². The molecule has 0 saturated carbocycles. The van der Waals surface area contributed by atoms with Crippen LogP contribution in [0.3, 0.4) is 0 Å². The number of nitro benzene ring substituents is 1. The van der Waals surface area contributed by atoms with Gasteiger partial charge in [-0.05, 0) is 29.8 Å². The van der Waals surface area contributed by atoms with Crippen molar-refractivity contribution < 1.29 is 19.3 Å². The number of hydrogen-bond acceptors (Lipinski definition) is 7. The lowest BCUT2D eigenvalue weighted by Crippen LogP contribution is -2.43. The fourth-order valence-corrected chi connectivity index (χ4v) is 4.12. The van der Waals surface area contributed by atoms with Crippen LogP contribution in [0.15, 0.2) is 53.4 Å². The lowest BCUT2D eigenvalue weighted by molar-refractivity contribution is -0.384. The van der Waals surface area contributed by atoms with Gasteiger partial charge in [-0.3, -0.25) is 40.2 Å². The summed E-state index contributed by atoms with van der Waals surface area (Å²) >= 11 is 12.5. The monoisotopic (exact) mass is 490 g/mol. The van der Waals surface area contributed by atoms with Crippen molar-refractivity contribution in [1.82, 2.24) is 15.8 Å². The predicted molar refractivity (Wildman–Crippen MR) is 125 cm³/mol. The summed E-state index contributed by atoms with van der Waals surface area (Å²) in [5, 5.41) is 11.2. The molecule has 12 heteroatoms. The first-order valence-corrected chi connectivity index (χ1v) is 10.7. The van der Waals surface area contributed by atoms with Gasteiger partial charge in [-0.1, -0.05) is 53.8 Å². The van der Waals surface area contributed by atoms with E-state index < -0.39 is 16.7 Å². The first-order valence-electron chi connectivity index (χ1n) is 9.10. The number of hydrogen-bond donors (Lipinski definition) is 2. The summed E-state index contributed by atoms with van der Waals surface area (Å²) in [6.45, 7) is 0.0315. The number of carbonyl (C=O) groups excluding carboxylic acids is 3. The fourth-order valence-electron chi connectivity index (χ4n) is 2.64. The Morgan fingerprint density at radius 3 is 2.50 bits per heavy atom. The summed E-state index contributed by atoms with van der Waals surface area (Å²) in [6.07, 6.45) is 1.54. The zero-order valence-corrected chi connectivity index (χ0v) is 18.6. The molecule has 0 aromatic heterocycles. The van der Waals surface area contributed by atoms with Crippen molar-refractivity contribution in [2.24, 2.45) is 0 Å². The molecule has 2 N–H and O–H groups in total. The van der Waals surface area contributed by atoms with E-state index >= 15 is 0 Å². The van der Waals surface area contributed by atoms with Crippen LogP contribution in [0.25, 0.3) is 6.08 Å². The van der Waals surface area contributed by atoms with Crippen LogP contribution in [-0.2, 0) is 9.59 Å². The van der Waals surface area contributed by atoms with Crippen LogP contribution < -0.4 is 10.9 Å². The molecule has 1 aliphatic heterocycles. The molecule has 2 aromatic rings. The summed E-state index contributed by atoms with van der Waals surface area (Å²) in [5.41, 5.74) is 5.12. The smallest absolute Gasteiger partial charge is 0.269 e. The van der Waals surface area contributed by atoms with Crippen molar-refractivity contribution in [2.75, 3.05) is 6.54 Å². The van der Waals surface area contributed by atoms with Gasteiger partial charge in [-0.2, -0.15) is 0 Å². The van der Waals surface area contributed by atoms with E-state index in [1.807, 2.05) is 0 Å². The average Bonchev–Trinajstić information content (AvgIpc) is 3.04. The third kappa shape index (κ3) is 5.69. The zero-order chi connectivity index (χ0) is 23.3. The van der Waals surface area contributed by atoms with E-state index in [4.69, 9.17) is 23.8 Å². The van der Waals surface area contributed by atoms with E-state index in [2.05, 4.69) is 10.9 Å². The number of halogens is 1. The Kier molecular flexibility index (Phi) is 7.57. The highest BCUT2D eigenvalue weighted by Gasteiger charge is 2.32. The highest BCUT2D eigenvalue weighted by atomic mass is 35.5. The van der Waals surface area contributed by atoms with Crippen molar-refractivity contribution in [3.8, 4) is 0 Å². The number of carbonyl (C=O) groups is 3. The van der Waals surface area contributed by atoms with Crippen LogP contribution in [0, 0.1) is 10.1 Å². The molecule has 3 amide bonds. The number of nitrogens with one attached hydrogen (secondary N) is 2. The predicted octanol–water partition coefficient (Wildman–Crippen LogP) is 3.30. The molecule has 1 saturated heterocycles. The van der Waals surface area contributed by atoms with Gasteiger partial charge in [0.1, 0.15) is 4.32 Å². The van der Waals surface area contributed by atoms with E-state index in [0.29, 0.717) is 19.8 Å². The van der Waals surface area contributed by atoms with Gasteiger partial charge in [0.2, 0.25) is 5.91 Å². The van der Waals surface area contributed by atoms with Crippen molar-refractivity contribution in [2.45, 2.75) is 6.42 Å². The Morgan fingerprint density at radius 2 is 1.84 bits per heavy atom. The van der Waals surface area contributed by atoms with Crippen LogP contribution >= 0.6 is 35.6 Å². The second-order valence-electron chi connectivity index (χ2n) is 6.41. The number of non-ortho nitro benzene ring substituents is 1. The second-order valence-corrected chi connectivity index (χ2v) is 8.49. The molecule has 0 atom stereocenters. The molecule has 0 bridgehead atoms. The van der Waals surface area contributed by atoms with Crippen LogP contribution in [0.5, 0.6) is 0 Å². The SMILES string of the molecule is O=C(CCN1C(=O)C(=Cc2ccccc2Cl)SC1=S)NNC(=O)c1ccc([N+](=O)[O-])cc1. The van der Waals surface area contributed by atoms with E-state index in [1.54, 1.807) is 30.3 Å². The maximum Gasteiger partial charge on any atom is 0.269 e. The fraction of sp³-hybridized carbons (Fsp3) is 0.100. The number of nitrogens with zero attached hydrogens (tertiary/aromatic N) is 2. The van der Waals surface area contributed by atoms with Gasteiger partial charge in [0, 0.05) is 35.7 Å². The molecule has 1 heterocycles. The van der Waals surface area contributed by atoms with Crippen molar-refractivity contribution in [3.63, 3.8) is 0 Å². The molecular formula is C20H15ClN4O5S2. The van der Waals surface area contributed by atoms with Gasteiger partial charge in [0.25, 0.3) is 17.5 Å². The van der Waals surface area contributed by atoms with Gasteiger partial charge < -0.3 is 0 Å². The van der Waals surface area contributed by atoms with Gasteiger partial charge in [0.05, 0.1) is 9.83 Å². The van der Waals surface area contributed by atoms with Crippen molar-refractivity contribution in [3.05, 3.63) is 79.7 Å². The standard InChI is InChI=1S/C20H15ClN4O5S2/c21-15-4-2-1-3-13(15)11-16-19(28)24(20(31)32-16)10-9-17(26)22-23-18(27)12-5-7-14(8-6-12)25(29)30/h1-8,11H,9-10H2,(H,22,26)(H,23,27). The molecule has 164 valence electrons. The second kappa shape index (κ2) is 10.4. The van der Waals surface area contributed by atoms with Gasteiger partial charge in [-0.25, -0.2) is 0 Å². The van der Waals surface area contributed by atoms with Gasteiger partial charge in [0.15, 0.2) is 0 Å². The molecule has 0 spiro atoms. The molecule has 3 rings (SSSR count). The first-order chi connectivity index (χ1) is 15.3. The number of rotatable bonds is 6. The highest BCUT2D eigenvalue weighted by Crippen LogP contribution is 2.33. The average molecular weight is 491 g/mol. The summed E-state index contributed by atoms with van der Waals surface area (Å²) < 4.78 is 0.316. The quantitative estimate of drug-likeness (QED) is 0.276. The summed E-state index contributed by atoms with van der Waals surface area (Å²) in [7, 11) is 0. The lowest BCUT2D eigenvalue weighted by Gasteiger charge is -2.14. The third-order valence-electron chi connectivity index (χ3n) is 4.28. The topological polar surface area (TPSA) is 122 Å². The Balaban J connectivity index is 1.51. The Bertz CT molecular complexity index is 1140. The van der Waals surface area contributed by atoms with Crippen LogP contribution in [0.1, 0.15) is 22.3 Å². The highest BCUT2D eigenvalue weighted by molar-refractivity contribution is 8.26. The van der Waals surface area contributed by atoms with E-state index in [1.165, 1.54) is 29.2 Å². The maximum atomic E-state index is 12.6. The minimum absolute atomic E-state index is 0.0315. The number of amides is 3. The summed E-state index contributed by atoms with van der Waals surface area (Å²) in [5.74, 6) is -1.51.